The van der Waals surface area contributed by atoms with Gasteiger partial charge in [-0.15, -0.1) is 0 Å². The highest BCUT2D eigenvalue weighted by Gasteiger charge is 2.12. The van der Waals surface area contributed by atoms with Crippen LogP contribution in [0, 0.1) is 28.7 Å². The second-order valence-electron chi connectivity index (χ2n) is 5.49. The van der Waals surface area contributed by atoms with Gasteiger partial charge in [0.15, 0.2) is 0 Å². The lowest BCUT2D eigenvalue weighted by Gasteiger charge is -2.10. The fourth-order valence-corrected chi connectivity index (χ4v) is 2.97. The highest BCUT2D eigenvalue weighted by molar-refractivity contribution is 14.1. The Balaban J connectivity index is 2.25. The molecule has 0 bridgehead atoms. The summed E-state index contributed by atoms with van der Waals surface area (Å²) in [5, 5.41) is 12.2. The van der Waals surface area contributed by atoms with E-state index < -0.39 is 5.91 Å². The lowest BCUT2D eigenvalue weighted by molar-refractivity contribution is -0.112. The number of carbonyl (C=O) groups is 1. The van der Waals surface area contributed by atoms with Crippen LogP contribution in [0.1, 0.15) is 23.6 Å². The van der Waals surface area contributed by atoms with Crippen LogP contribution in [0.25, 0.3) is 6.08 Å². The molecular weight excluding hydrogens is 427 g/mol. The lowest BCUT2D eigenvalue weighted by Crippen LogP contribution is -2.14. The number of carbonyl (C=O) groups excluding carboxylic acids is 1. The molecule has 0 unspecified atom stereocenters. The Morgan fingerprint density at radius 1 is 1.32 bits per heavy atom. The topological polar surface area (TPSA) is 62.1 Å². The predicted octanol–water partition coefficient (Wildman–Crippen LogP) is 4.85. The van der Waals surface area contributed by atoms with Crippen molar-refractivity contribution in [2.75, 3.05) is 11.9 Å². The number of nitrogens with one attached hydrogen (secondary N) is 1. The van der Waals surface area contributed by atoms with Gasteiger partial charge in [0.25, 0.3) is 5.91 Å². The van der Waals surface area contributed by atoms with Crippen LogP contribution in [0.2, 0.25) is 0 Å². The van der Waals surface area contributed by atoms with Gasteiger partial charge in [0.05, 0.1) is 10.2 Å². The molecule has 0 aromatic heterocycles. The van der Waals surface area contributed by atoms with Crippen LogP contribution in [-0.2, 0) is 4.79 Å². The molecule has 0 atom stereocenters. The Morgan fingerprint density at radius 2 is 2.08 bits per heavy atom. The molecule has 0 radical (unpaired) electrons. The minimum absolute atomic E-state index is 0.0564. The normalized spacial score (nSPS) is 10.9. The molecule has 2 aromatic carbocycles. The first-order valence-electron chi connectivity index (χ1n) is 7.88. The number of halogens is 1. The number of nitrogens with zero attached hydrogens (tertiary/aromatic N) is 1. The number of benzene rings is 2. The minimum atomic E-state index is -0.417. The fourth-order valence-electron chi connectivity index (χ4n) is 2.27. The fraction of sp³-hybridized carbons (Fsp3) is 0.200. The van der Waals surface area contributed by atoms with E-state index in [1.807, 2.05) is 63.2 Å². The predicted molar refractivity (Wildman–Crippen MR) is 108 cm³/mol. The molecule has 1 N–H and O–H groups in total. The summed E-state index contributed by atoms with van der Waals surface area (Å²) >= 11 is 2.17. The number of rotatable bonds is 5. The van der Waals surface area contributed by atoms with Crippen molar-refractivity contribution < 1.29 is 9.53 Å². The number of hydrogen-bond acceptors (Lipinski definition) is 3. The Morgan fingerprint density at radius 3 is 2.72 bits per heavy atom. The number of anilines is 1. The third-order valence-corrected chi connectivity index (χ3v) is 4.63. The van der Waals surface area contributed by atoms with Gasteiger partial charge >= 0.3 is 0 Å². The number of aryl methyl sites for hydroxylation is 1. The summed E-state index contributed by atoms with van der Waals surface area (Å²) in [5.74, 6) is 0.374. The van der Waals surface area contributed by atoms with Crippen LogP contribution in [0.5, 0.6) is 5.75 Å². The van der Waals surface area contributed by atoms with Gasteiger partial charge in [-0.3, -0.25) is 4.79 Å². The molecule has 0 aliphatic rings. The molecule has 0 saturated carbocycles. The van der Waals surface area contributed by atoms with Crippen molar-refractivity contribution in [1.29, 1.82) is 5.26 Å². The molecule has 2 aromatic rings. The molecule has 2 rings (SSSR count). The second-order valence-corrected chi connectivity index (χ2v) is 6.66. The van der Waals surface area contributed by atoms with E-state index in [2.05, 4.69) is 27.9 Å². The largest absolute Gasteiger partial charge is 0.493 e. The van der Waals surface area contributed by atoms with Gasteiger partial charge in [0.2, 0.25) is 0 Å². The highest BCUT2D eigenvalue weighted by atomic mass is 127. The molecule has 0 saturated heterocycles. The van der Waals surface area contributed by atoms with Crippen molar-refractivity contribution >= 4 is 40.3 Å². The van der Waals surface area contributed by atoms with Crippen LogP contribution in [0.4, 0.5) is 5.69 Å². The zero-order valence-corrected chi connectivity index (χ0v) is 16.5. The summed E-state index contributed by atoms with van der Waals surface area (Å²) in [6, 6.07) is 13.2. The first-order valence-corrected chi connectivity index (χ1v) is 8.95. The van der Waals surface area contributed by atoms with E-state index in [1.54, 1.807) is 6.08 Å². The average Bonchev–Trinajstić information content (AvgIpc) is 2.59. The van der Waals surface area contributed by atoms with Crippen LogP contribution in [0.15, 0.2) is 42.0 Å². The summed E-state index contributed by atoms with van der Waals surface area (Å²) < 4.78 is 6.43. The maximum atomic E-state index is 12.4. The third-order valence-electron chi connectivity index (χ3n) is 3.78. The Labute approximate surface area is 161 Å². The van der Waals surface area contributed by atoms with Gasteiger partial charge in [0.1, 0.15) is 17.4 Å². The van der Waals surface area contributed by atoms with Crippen molar-refractivity contribution in [2.45, 2.75) is 20.8 Å². The van der Waals surface area contributed by atoms with Crippen LogP contribution >= 0.6 is 22.6 Å². The van der Waals surface area contributed by atoms with Crippen molar-refractivity contribution in [3.05, 3.63) is 62.2 Å². The smallest absolute Gasteiger partial charge is 0.266 e. The third kappa shape index (κ3) is 4.83. The maximum absolute atomic E-state index is 12.4. The van der Waals surface area contributed by atoms with E-state index in [-0.39, 0.29) is 5.57 Å². The summed E-state index contributed by atoms with van der Waals surface area (Å²) in [5.41, 5.74) is 3.62. The molecule has 0 spiro atoms. The Hall–Kier alpha value is -2.33. The molecule has 5 heteroatoms. The van der Waals surface area contributed by atoms with Crippen molar-refractivity contribution in [1.82, 2.24) is 0 Å². The van der Waals surface area contributed by atoms with Gasteiger partial charge in [-0.2, -0.15) is 5.26 Å². The SMILES string of the molecule is CCOc1ccc(/C=C(\C#N)C(=O)Nc2cccc(C)c2C)cc1I. The number of amides is 1. The minimum Gasteiger partial charge on any atom is -0.493 e. The Kier molecular flexibility index (Phi) is 6.59. The Bertz CT molecular complexity index is 866. The van der Waals surface area contributed by atoms with Gasteiger partial charge < -0.3 is 10.1 Å². The van der Waals surface area contributed by atoms with E-state index in [0.717, 1.165) is 26.0 Å². The van der Waals surface area contributed by atoms with E-state index in [9.17, 15) is 10.1 Å². The molecule has 4 nitrogen and oxygen atoms in total. The molecule has 0 heterocycles. The van der Waals surface area contributed by atoms with Crippen molar-refractivity contribution in [3.63, 3.8) is 0 Å². The second kappa shape index (κ2) is 8.67. The number of hydrogen-bond donors (Lipinski definition) is 1. The molecule has 0 aliphatic heterocycles. The zero-order valence-electron chi connectivity index (χ0n) is 14.4. The molecule has 0 fully saturated rings. The average molecular weight is 446 g/mol. The molecule has 0 aliphatic carbocycles. The highest BCUT2D eigenvalue weighted by Crippen LogP contribution is 2.24. The summed E-state index contributed by atoms with van der Waals surface area (Å²) in [7, 11) is 0. The molecule has 128 valence electrons. The lowest BCUT2D eigenvalue weighted by atomic mass is 10.1. The van der Waals surface area contributed by atoms with E-state index in [0.29, 0.717) is 12.3 Å². The maximum Gasteiger partial charge on any atom is 0.266 e. The monoisotopic (exact) mass is 446 g/mol. The molecule has 1 amide bonds. The van der Waals surface area contributed by atoms with E-state index >= 15 is 0 Å². The summed E-state index contributed by atoms with van der Waals surface area (Å²) in [4.78, 5) is 12.4. The first kappa shape index (κ1) is 19.0. The standard InChI is InChI=1S/C20H19IN2O2/c1-4-25-19-9-8-15(11-17(19)21)10-16(12-22)20(24)23-18-7-5-6-13(2)14(18)3/h5-11H,4H2,1-3H3,(H,23,24)/b16-10+. The van der Waals surface area contributed by atoms with Crippen LogP contribution in [-0.4, -0.2) is 12.5 Å². The number of nitriles is 1. The van der Waals surface area contributed by atoms with Gasteiger partial charge in [-0.05, 0) is 84.3 Å². The van der Waals surface area contributed by atoms with Gasteiger partial charge in [-0.1, -0.05) is 18.2 Å². The van der Waals surface area contributed by atoms with E-state index in [1.165, 1.54) is 0 Å². The summed E-state index contributed by atoms with van der Waals surface area (Å²) in [6.45, 7) is 6.44. The first-order chi connectivity index (χ1) is 12.0. The zero-order chi connectivity index (χ0) is 18.4. The van der Waals surface area contributed by atoms with Crippen molar-refractivity contribution in [2.24, 2.45) is 0 Å². The van der Waals surface area contributed by atoms with Crippen LogP contribution < -0.4 is 10.1 Å². The van der Waals surface area contributed by atoms with Gasteiger partial charge in [-0.25, -0.2) is 0 Å². The summed E-state index contributed by atoms with van der Waals surface area (Å²) in [6.07, 6.45) is 1.58. The van der Waals surface area contributed by atoms with Crippen molar-refractivity contribution in [3.8, 4) is 11.8 Å². The van der Waals surface area contributed by atoms with Gasteiger partial charge in [0, 0.05) is 5.69 Å². The van der Waals surface area contributed by atoms with E-state index in [4.69, 9.17) is 4.74 Å². The number of ether oxygens (including phenoxy) is 1. The molecule has 25 heavy (non-hydrogen) atoms. The molecular formula is C20H19IN2O2. The quantitative estimate of drug-likeness (QED) is 0.406. The van der Waals surface area contributed by atoms with Crippen LogP contribution in [0.3, 0.4) is 0 Å².